The van der Waals surface area contributed by atoms with Crippen LogP contribution in [0.1, 0.15) is 23.2 Å². The van der Waals surface area contributed by atoms with E-state index in [0.29, 0.717) is 11.5 Å². The minimum Gasteiger partial charge on any atom is -0.395 e. The topological polar surface area (TPSA) is 70.6 Å². The first kappa shape index (κ1) is 14.8. The van der Waals surface area contributed by atoms with Crippen LogP contribution < -0.4 is 10.6 Å². The Bertz CT molecular complexity index is 414. The van der Waals surface area contributed by atoms with Crippen molar-refractivity contribution in [1.82, 2.24) is 5.32 Å². The summed E-state index contributed by atoms with van der Waals surface area (Å²) in [6.45, 7) is 2.89. The number of carbonyl (C=O) groups excluding carboxylic acids is 1. The van der Waals surface area contributed by atoms with Gasteiger partial charge in [0.1, 0.15) is 0 Å². The Morgan fingerprint density at radius 3 is 2.60 bits per heavy atom. The molecule has 0 spiro atoms. The molecule has 0 aromatic heterocycles. The van der Waals surface area contributed by atoms with Crippen molar-refractivity contribution in [1.29, 1.82) is 0 Å². The number of aliphatic hydroxyl groups excluding tert-OH is 1. The van der Waals surface area contributed by atoms with Gasteiger partial charge < -0.3 is 20.5 Å². The lowest BCUT2D eigenvalue weighted by Gasteiger charge is -2.22. The molecule has 20 heavy (non-hydrogen) atoms. The van der Waals surface area contributed by atoms with E-state index in [1.165, 1.54) is 0 Å². The summed E-state index contributed by atoms with van der Waals surface area (Å²) in [5, 5.41) is 14.7. The van der Waals surface area contributed by atoms with Crippen LogP contribution in [0, 0.1) is 5.92 Å². The summed E-state index contributed by atoms with van der Waals surface area (Å²) in [5.41, 5.74) is 1.63. The number of rotatable bonds is 6. The molecular formula is C15H22N2O3. The number of aliphatic hydroxyl groups is 1. The zero-order valence-electron chi connectivity index (χ0n) is 11.6. The van der Waals surface area contributed by atoms with Gasteiger partial charge in [-0.3, -0.25) is 4.79 Å². The fourth-order valence-corrected chi connectivity index (χ4v) is 2.22. The summed E-state index contributed by atoms with van der Waals surface area (Å²) in [6, 6.07) is 7.40. The first-order valence-corrected chi connectivity index (χ1v) is 7.10. The first-order valence-electron chi connectivity index (χ1n) is 7.10. The van der Waals surface area contributed by atoms with E-state index in [-0.39, 0.29) is 19.1 Å². The van der Waals surface area contributed by atoms with Crippen LogP contribution in [0.15, 0.2) is 24.3 Å². The Labute approximate surface area is 119 Å². The third-order valence-electron chi connectivity index (χ3n) is 3.48. The molecule has 1 fully saturated rings. The number of benzene rings is 1. The summed E-state index contributed by atoms with van der Waals surface area (Å²) in [5.74, 6) is 0.506. The number of carbonyl (C=O) groups is 1. The average molecular weight is 278 g/mol. The van der Waals surface area contributed by atoms with E-state index >= 15 is 0 Å². The van der Waals surface area contributed by atoms with Crippen molar-refractivity contribution in [3.05, 3.63) is 29.8 Å². The minimum absolute atomic E-state index is 0.0452. The average Bonchev–Trinajstić information content (AvgIpc) is 2.52. The molecule has 1 aromatic rings. The van der Waals surface area contributed by atoms with Crippen LogP contribution in [-0.4, -0.2) is 43.9 Å². The van der Waals surface area contributed by atoms with Crippen LogP contribution >= 0.6 is 0 Å². The van der Waals surface area contributed by atoms with E-state index in [2.05, 4.69) is 10.6 Å². The number of anilines is 1. The third kappa shape index (κ3) is 4.51. The van der Waals surface area contributed by atoms with Crippen molar-refractivity contribution in [2.45, 2.75) is 12.8 Å². The Balaban J connectivity index is 1.80. The molecule has 1 heterocycles. The second-order valence-corrected chi connectivity index (χ2v) is 4.99. The molecule has 0 aliphatic carbocycles. The summed E-state index contributed by atoms with van der Waals surface area (Å²) in [6.07, 6.45) is 2.21. The molecule has 1 amide bonds. The lowest BCUT2D eigenvalue weighted by Crippen LogP contribution is -2.26. The van der Waals surface area contributed by atoms with Crippen LogP contribution in [0.3, 0.4) is 0 Å². The van der Waals surface area contributed by atoms with E-state index < -0.39 is 0 Å². The number of amides is 1. The highest BCUT2D eigenvalue weighted by molar-refractivity contribution is 5.94. The van der Waals surface area contributed by atoms with Gasteiger partial charge in [0, 0.05) is 37.6 Å². The maximum atomic E-state index is 11.7. The van der Waals surface area contributed by atoms with Crippen LogP contribution in [-0.2, 0) is 4.74 Å². The molecule has 0 bridgehead atoms. The van der Waals surface area contributed by atoms with Crippen molar-refractivity contribution in [3.8, 4) is 0 Å². The van der Waals surface area contributed by atoms with E-state index in [1.54, 1.807) is 12.1 Å². The van der Waals surface area contributed by atoms with E-state index in [4.69, 9.17) is 9.84 Å². The SMILES string of the molecule is O=C(NCCO)c1ccc(NCC2CCOCC2)cc1. The lowest BCUT2D eigenvalue weighted by atomic mass is 10.0. The molecule has 0 radical (unpaired) electrons. The van der Waals surface area contributed by atoms with Gasteiger partial charge in [0.25, 0.3) is 5.91 Å². The summed E-state index contributed by atoms with van der Waals surface area (Å²) in [4.78, 5) is 11.7. The molecular weight excluding hydrogens is 256 g/mol. The third-order valence-corrected chi connectivity index (χ3v) is 3.48. The van der Waals surface area contributed by atoms with Gasteiger partial charge in [-0.15, -0.1) is 0 Å². The van der Waals surface area contributed by atoms with Gasteiger partial charge in [0.15, 0.2) is 0 Å². The molecule has 2 rings (SSSR count). The summed E-state index contributed by atoms with van der Waals surface area (Å²) >= 11 is 0. The van der Waals surface area contributed by atoms with Crippen LogP contribution in [0.2, 0.25) is 0 Å². The standard InChI is InChI=1S/C15H22N2O3/c18-8-7-16-15(19)13-1-3-14(4-2-13)17-11-12-5-9-20-10-6-12/h1-4,12,17-18H,5-11H2,(H,16,19). The van der Waals surface area contributed by atoms with E-state index in [9.17, 15) is 4.79 Å². The molecule has 1 aliphatic rings. The monoisotopic (exact) mass is 278 g/mol. The molecule has 0 unspecified atom stereocenters. The van der Waals surface area contributed by atoms with Gasteiger partial charge in [-0.2, -0.15) is 0 Å². The highest BCUT2D eigenvalue weighted by Gasteiger charge is 2.13. The first-order chi connectivity index (χ1) is 9.79. The van der Waals surface area contributed by atoms with Crippen molar-refractivity contribution in [2.75, 3.05) is 38.2 Å². The largest absolute Gasteiger partial charge is 0.395 e. The Hall–Kier alpha value is -1.59. The molecule has 0 saturated carbocycles. The second-order valence-electron chi connectivity index (χ2n) is 4.99. The predicted molar refractivity (Wildman–Crippen MR) is 77.9 cm³/mol. The highest BCUT2D eigenvalue weighted by atomic mass is 16.5. The van der Waals surface area contributed by atoms with Gasteiger partial charge in [-0.1, -0.05) is 0 Å². The van der Waals surface area contributed by atoms with Crippen molar-refractivity contribution in [3.63, 3.8) is 0 Å². The molecule has 5 heteroatoms. The number of ether oxygens (including phenoxy) is 1. The Kier molecular flexibility index (Phi) is 5.83. The van der Waals surface area contributed by atoms with Crippen LogP contribution in [0.4, 0.5) is 5.69 Å². The van der Waals surface area contributed by atoms with Crippen molar-refractivity contribution < 1.29 is 14.6 Å². The number of hydrogen-bond donors (Lipinski definition) is 3. The normalized spacial score (nSPS) is 15.8. The molecule has 3 N–H and O–H groups in total. The van der Waals surface area contributed by atoms with Crippen molar-refractivity contribution in [2.24, 2.45) is 5.92 Å². The maximum Gasteiger partial charge on any atom is 0.251 e. The predicted octanol–water partition coefficient (Wildman–Crippen LogP) is 1.25. The Morgan fingerprint density at radius 2 is 1.95 bits per heavy atom. The van der Waals surface area contributed by atoms with Crippen molar-refractivity contribution >= 4 is 11.6 Å². The van der Waals surface area contributed by atoms with Crippen LogP contribution in [0.25, 0.3) is 0 Å². The van der Waals surface area contributed by atoms with Crippen LogP contribution in [0.5, 0.6) is 0 Å². The zero-order chi connectivity index (χ0) is 14.2. The number of hydrogen-bond acceptors (Lipinski definition) is 4. The Morgan fingerprint density at radius 1 is 1.25 bits per heavy atom. The molecule has 1 saturated heterocycles. The quantitative estimate of drug-likeness (QED) is 0.732. The van der Waals surface area contributed by atoms with Gasteiger partial charge >= 0.3 is 0 Å². The summed E-state index contributed by atoms with van der Waals surface area (Å²) < 4.78 is 5.34. The smallest absolute Gasteiger partial charge is 0.251 e. The molecule has 1 aliphatic heterocycles. The zero-order valence-corrected chi connectivity index (χ0v) is 11.6. The van der Waals surface area contributed by atoms with E-state index in [0.717, 1.165) is 38.3 Å². The maximum absolute atomic E-state index is 11.7. The summed E-state index contributed by atoms with van der Waals surface area (Å²) in [7, 11) is 0. The lowest BCUT2D eigenvalue weighted by molar-refractivity contribution is 0.0699. The molecule has 0 atom stereocenters. The minimum atomic E-state index is -0.157. The van der Waals surface area contributed by atoms with E-state index in [1.807, 2.05) is 12.1 Å². The fourth-order valence-electron chi connectivity index (χ4n) is 2.22. The molecule has 5 nitrogen and oxygen atoms in total. The molecule has 110 valence electrons. The second kappa shape index (κ2) is 7.87. The fraction of sp³-hybridized carbons (Fsp3) is 0.533. The van der Waals surface area contributed by atoms with Gasteiger partial charge in [-0.25, -0.2) is 0 Å². The molecule has 1 aromatic carbocycles. The number of nitrogens with one attached hydrogen (secondary N) is 2. The highest BCUT2D eigenvalue weighted by Crippen LogP contribution is 2.16. The van der Waals surface area contributed by atoms with Gasteiger partial charge in [-0.05, 0) is 43.0 Å². The van der Waals surface area contributed by atoms with Gasteiger partial charge in [0.2, 0.25) is 0 Å². The van der Waals surface area contributed by atoms with Gasteiger partial charge in [0.05, 0.1) is 6.61 Å².